The lowest BCUT2D eigenvalue weighted by Gasteiger charge is -2.13. The first kappa shape index (κ1) is 22.0. The van der Waals surface area contributed by atoms with Gasteiger partial charge in [0.2, 0.25) is 0 Å². The quantitative estimate of drug-likeness (QED) is 0.292. The largest absolute Gasteiger partial charge is 0.465 e. The minimum absolute atomic E-state index is 0. The van der Waals surface area contributed by atoms with Gasteiger partial charge in [0.25, 0.3) is 0 Å². The van der Waals surface area contributed by atoms with Crippen molar-refractivity contribution >= 4 is 35.9 Å². The Labute approximate surface area is 171 Å². The van der Waals surface area contributed by atoms with Crippen LogP contribution in [0.3, 0.4) is 0 Å². The number of rotatable bonds is 6. The van der Waals surface area contributed by atoms with Crippen LogP contribution in [0.25, 0.3) is 0 Å². The van der Waals surface area contributed by atoms with Crippen LogP contribution < -0.4 is 10.6 Å². The first-order valence-corrected chi connectivity index (χ1v) is 8.28. The zero-order valence-electron chi connectivity index (χ0n) is 15.6. The Kier molecular flexibility index (Phi) is 9.18. The van der Waals surface area contributed by atoms with Gasteiger partial charge in [0, 0.05) is 13.6 Å². The summed E-state index contributed by atoms with van der Waals surface area (Å²) < 4.78 is 10.3. The van der Waals surface area contributed by atoms with Crippen molar-refractivity contribution in [3.8, 4) is 0 Å². The van der Waals surface area contributed by atoms with Crippen LogP contribution in [0.5, 0.6) is 0 Å². The summed E-state index contributed by atoms with van der Waals surface area (Å²) in [5.41, 5.74) is 3.00. The lowest BCUT2D eigenvalue weighted by molar-refractivity contribution is 0.0599. The van der Waals surface area contributed by atoms with Crippen LogP contribution in [0.2, 0.25) is 0 Å². The van der Waals surface area contributed by atoms with E-state index >= 15 is 0 Å². The van der Waals surface area contributed by atoms with Gasteiger partial charge >= 0.3 is 5.97 Å². The molecule has 2 aromatic rings. The molecule has 0 aliphatic heterocycles. The van der Waals surface area contributed by atoms with Crippen molar-refractivity contribution in [2.75, 3.05) is 14.2 Å². The van der Waals surface area contributed by atoms with Crippen LogP contribution in [0, 0.1) is 6.92 Å². The van der Waals surface area contributed by atoms with Gasteiger partial charge in [-0.1, -0.05) is 31.2 Å². The summed E-state index contributed by atoms with van der Waals surface area (Å²) in [7, 11) is 3.07. The molecule has 1 heterocycles. The van der Waals surface area contributed by atoms with E-state index in [0.717, 1.165) is 6.42 Å². The van der Waals surface area contributed by atoms with Crippen LogP contribution in [-0.4, -0.2) is 26.1 Å². The number of hydrogen-bond donors (Lipinski definition) is 2. The Balaban J connectivity index is 0.00000338. The molecule has 142 valence electrons. The number of aliphatic imine (C=N–C) groups is 1. The number of furan rings is 1. The number of halogens is 1. The molecule has 2 N–H and O–H groups in total. The van der Waals surface area contributed by atoms with Crippen LogP contribution in [-0.2, 0) is 24.2 Å². The number of hydrogen-bond acceptors (Lipinski definition) is 4. The van der Waals surface area contributed by atoms with E-state index in [4.69, 9.17) is 9.15 Å². The Morgan fingerprint density at radius 1 is 1.19 bits per heavy atom. The molecule has 2 rings (SSSR count). The second-order valence-corrected chi connectivity index (χ2v) is 5.58. The maximum Gasteiger partial charge on any atom is 0.341 e. The highest BCUT2D eigenvalue weighted by atomic mass is 127. The molecule has 0 unspecified atom stereocenters. The van der Waals surface area contributed by atoms with E-state index < -0.39 is 5.97 Å². The fraction of sp³-hybridized carbons (Fsp3) is 0.368. The van der Waals surface area contributed by atoms with Crippen molar-refractivity contribution in [1.29, 1.82) is 0 Å². The first-order valence-electron chi connectivity index (χ1n) is 8.28. The van der Waals surface area contributed by atoms with Gasteiger partial charge in [-0.2, -0.15) is 0 Å². The van der Waals surface area contributed by atoms with E-state index in [-0.39, 0.29) is 24.0 Å². The van der Waals surface area contributed by atoms with Crippen LogP contribution in [0.15, 0.2) is 39.7 Å². The van der Waals surface area contributed by atoms with Crippen molar-refractivity contribution in [2.45, 2.75) is 33.4 Å². The van der Waals surface area contributed by atoms with Crippen LogP contribution in [0.4, 0.5) is 0 Å². The Hall–Kier alpha value is -2.03. The van der Waals surface area contributed by atoms with Gasteiger partial charge in [0.1, 0.15) is 17.1 Å². The van der Waals surface area contributed by atoms with Gasteiger partial charge in [-0.05, 0) is 30.5 Å². The summed E-state index contributed by atoms with van der Waals surface area (Å²) in [6.07, 6.45) is 0.992. The molecule has 26 heavy (non-hydrogen) atoms. The predicted molar refractivity (Wildman–Crippen MR) is 113 cm³/mol. The third-order valence-electron chi connectivity index (χ3n) is 3.97. The summed E-state index contributed by atoms with van der Waals surface area (Å²) in [6.45, 7) is 5.00. The molecule has 7 heteroatoms. The molecule has 1 aromatic heterocycles. The molecule has 1 aromatic carbocycles. The maximum atomic E-state index is 11.6. The number of carbonyl (C=O) groups is 1. The lowest BCUT2D eigenvalue weighted by Crippen LogP contribution is -2.36. The Morgan fingerprint density at radius 2 is 1.85 bits per heavy atom. The number of aryl methyl sites for hydroxylation is 2. The smallest absolute Gasteiger partial charge is 0.341 e. The van der Waals surface area contributed by atoms with Crippen molar-refractivity contribution in [1.82, 2.24) is 10.6 Å². The number of carbonyl (C=O) groups excluding carboxylic acids is 1. The van der Waals surface area contributed by atoms with Crippen molar-refractivity contribution in [2.24, 2.45) is 4.99 Å². The summed E-state index contributed by atoms with van der Waals surface area (Å²) >= 11 is 0. The first-order chi connectivity index (χ1) is 12.1. The monoisotopic (exact) mass is 471 g/mol. The third kappa shape index (κ3) is 5.76. The van der Waals surface area contributed by atoms with Crippen LogP contribution in [0.1, 0.15) is 39.9 Å². The van der Waals surface area contributed by atoms with E-state index in [2.05, 4.69) is 34.7 Å². The number of nitrogens with one attached hydrogen (secondary N) is 2. The summed E-state index contributed by atoms with van der Waals surface area (Å²) in [4.78, 5) is 15.8. The molecule has 0 radical (unpaired) electrons. The molecule has 0 atom stereocenters. The van der Waals surface area contributed by atoms with Crippen LogP contribution >= 0.6 is 24.0 Å². The summed E-state index contributed by atoms with van der Waals surface area (Å²) in [6, 6.07) is 10.0. The lowest BCUT2D eigenvalue weighted by atomic mass is 10.1. The topological polar surface area (TPSA) is 75.9 Å². The second-order valence-electron chi connectivity index (χ2n) is 5.58. The number of ether oxygens (including phenoxy) is 1. The highest BCUT2D eigenvalue weighted by molar-refractivity contribution is 14.0. The minimum Gasteiger partial charge on any atom is -0.465 e. The predicted octanol–water partition coefficient (Wildman–Crippen LogP) is 3.42. The summed E-state index contributed by atoms with van der Waals surface area (Å²) in [5.74, 6) is 1.46. The molecule has 6 nitrogen and oxygen atoms in total. The molecule has 0 saturated heterocycles. The molecule has 0 amide bonds. The fourth-order valence-corrected chi connectivity index (χ4v) is 2.59. The van der Waals surface area contributed by atoms with E-state index in [1.165, 1.54) is 18.2 Å². The van der Waals surface area contributed by atoms with E-state index in [0.29, 0.717) is 36.1 Å². The third-order valence-corrected chi connectivity index (χ3v) is 3.97. The molecule has 0 fully saturated rings. The van der Waals surface area contributed by atoms with Crippen molar-refractivity contribution in [3.05, 3.63) is 58.5 Å². The number of benzene rings is 1. The van der Waals surface area contributed by atoms with E-state index in [9.17, 15) is 4.79 Å². The van der Waals surface area contributed by atoms with Gasteiger partial charge in [0.05, 0.1) is 13.7 Å². The zero-order valence-corrected chi connectivity index (χ0v) is 17.9. The molecular formula is C19H26IN3O3. The molecule has 0 saturated carbocycles. The average Bonchev–Trinajstić information content (AvgIpc) is 3.02. The fourth-order valence-electron chi connectivity index (χ4n) is 2.59. The van der Waals surface area contributed by atoms with Gasteiger partial charge in [-0.25, -0.2) is 4.79 Å². The Morgan fingerprint density at radius 3 is 2.46 bits per heavy atom. The number of nitrogens with zero attached hydrogens (tertiary/aromatic N) is 1. The van der Waals surface area contributed by atoms with E-state index in [1.807, 2.05) is 12.1 Å². The number of guanidine groups is 1. The molecular weight excluding hydrogens is 445 g/mol. The zero-order chi connectivity index (χ0) is 18.2. The highest BCUT2D eigenvalue weighted by Gasteiger charge is 2.15. The van der Waals surface area contributed by atoms with Gasteiger partial charge in [-0.3, -0.25) is 4.99 Å². The second kappa shape index (κ2) is 10.8. The number of esters is 1. The minimum atomic E-state index is -0.397. The van der Waals surface area contributed by atoms with E-state index in [1.54, 1.807) is 20.0 Å². The van der Waals surface area contributed by atoms with Gasteiger partial charge in [0.15, 0.2) is 5.96 Å². The molecule has 0 aliphatic rings. The van der Waals surface area contributed by atoms with Gasteiger partial charge in [-0.15, -0.1) is 24.0 Å². The van der Waals surface area contributed by atoms with Crippen molar-refractivity contribution < 1.29 is 13.9 Å². The highest BCUT2D eigenvalue weighted by Crippen LogP contribution is 2.15. The normalized spacial score (nSPS) is 10.8. The molecule has 0 bridgehead atoms. The average molecular weight is 471 g/mol. The number of methoxy groups -OCH3 is 1. The SMILES string of the molecule is CCc1ccccc1CNC(=NC)NCc1cc(C(=O)OC)c(C)o1.I. The van der Waals surface area contributed by atoms with Gasteiger partial charge < -0.3 is 19.8 Å². The standard InChI is InChI=1S/C19H25N3O3.HI/c1-5-14-8-6-7-9-15(14)11-21-19(20-3)22-12-16-10-17(13(2)25-16)18(23)24-4;/h6-10H,5,11-12H2,1-4H3,(H2,20,21,22);1H. The maximum absolute atomic E-state index is 11.6. The molecule has 0 aliphatic carbocycles. The van der Waals surface area contributed by atoms with Crippen molar-refractivity contribution in [3.63, 3.8) is 0 Å². The Bertz CT molecular complexity index is 756. The summed E-state index contributed by atoms with van der Waals surface area (Å²) in [5, 5.41) is 6.48. The molecule has 0 spiro atoms.